The van der Waals surface area contributed by atoms with E-state index in [0.717, 1.165) is 5.56 Å². The van der Waals surface area contributed by atoms with Gasteiger partial charge in [-0.05, 0) is 36.2 Å². The van der Waals surface area contributed by atoms with Crippen LogP contribution in [0.3, 0.4) is 0 Å². The van der Waals surface area contributed by atoms with Crippen LogP contribution >= 0.6 is 0 Å². The lowest BCUT2D eigenvalue weighted by atomic mass is 9.75. The fourth-order valence-electron chi connectivity index (χ4n) is 4.17. The van der Waals surface area contributed by atoms with E-state index in [1.165, 1.54) is 0 Å². The number of rotatable bonds is 0. The van der Waals surface area contributed by atoms with Gasteiger partial charge in [0.15, 0.2) is 23.0 Å². The molecule has 1 aliphatic carbocycles. The van der Waals surface area contributed by atoms with Gasteiger partial charge >= 0.3 is 5.97 Å². The van der Waals surface area contributed by atoms with Gasteiger partial charge in [0.1, 0.15) is 5.56 Å². The molecule has 7 nitrogen and oxygen atoms in total. The normalized spacial score (nSPS) is 23.8. The van der Waals surface area contributed by atoms with Crippen LogP contribution in [0.1, 0.15) is 38.3 Å². The second-order valence-corrected chi connectivity index (χ2v) is 6.63. The van der Waals surface area contributed by atoms with Crippen molar-refractivity contribution in [1.29, 1.82) is 0 Å². The summed E-state index contributed by atoms with van der Waals surface area (Å²) in [5.41, 5.74) is 0.875. The number of benzene rings is 2. The Morgan fingerprint density at radius 3 is 2.54 bits per heavy atom. The highest BCUT2D eigenvalue weighted by atomic mass is 16.7. The summed E-state index contributed by atoms with van der Waals surface area (Å²) in [5, 5.41) is 0. The minimum Gasteiger partial charge on any atom is -0.454 e. The van der Waals surface area contributed by atoms with Crippen LogP contribution in [-0.4, -0.2) is 25.3 Å². The molecule has 1 unspecified atom stereocenters. The number of hydrogen-bond acceptors (Lipinski definition) is 7. The monoisotopic (exact) mass is 352 g/mol. The van der Waals surface area contributed by atoms with Crippen molar-refractivity contribution in [2.24, 2.45) is 0 Å². The largest absolute Gasteiger partial charge is 0.454 e. The van der Waals surface area contributed by atoms with Gasteiger partial charge in [-0.25, -0.2) is 4.79 Å². The summed E-state index contributed by atoms with van der Waals surface area (Å²) in [6.07, 6.45) is 0.954. The number of ketones is 1. The zero-order chi connectivity index (χ0) is 17.5. The van der Waals surface area contributed by atoms with Gasteiger partial charge in [0, 0.05) is 17.5 Å². The number of ether oxygens (including phenoxy) is 5. The predicted octanol–water partition coefficient (Wildman–Crippen LogP) is 2.34. The van der Waals surface area contributed by atoms with Crippen LogP contribution in [0.15, 0.2) is 24.3 Å². The molecule has 0 aromatic heterocycles. The second-order valence-electron chi connectivity index (χ2n) is 6.63. The maximum absolute atomic E-state index is 13.4. The first-order chi connectivity index (χ1) is 12.7. The van der Waals surface area contributed by atoms with Gasteiger partial charge in [-0.1, -0.05) is 0 Å². The maximum atomic E-state index is 13.4. The molecule has 0 radical (unpaired) electrons. The molecule has 7 heteroatoms. The molecule has 1 spiro atoms. The lowest BCUT2D eigenvalue weighted by Gasteiger charge is -2.32. The first-order valence-corrected chi connectivity index (χ1v) is 8.31. The fraction of sp³-hybridized carbons (Fsp3) is 0.263. The minimum absolute atomic E-state index is 0.0479. The van der Waals surface area contributed by atoms with E-state index in [1.54, 1.807) is 18.2 Å². The Labute approximate surface area is 147 Å². The molecule has 2 aromatic carbocycles. The number of esters is 1. The molecule has 0 N–H and O–H groups in total. The SMILES string of the molecule is O=C1OC2(CCc3cc4c(cc3C2=O)OCO4)c2ccc3c(c21)OCO3. The highest BCUT2D eigenvalue weighted by Crippen LogP contribution is 2.52. The van der Waals surface area contributed by atoms with Crippen molar-refractivity contribution in [3.8, 4) is 23.0 Å². The number of carbonyl (C=O) groups excluding carboxylic acids is 2. The van der Waals surface area contributed by atoms with E-state index in [2.05, 4.69) is 0 Å². The van der Waals surface area contributed by atoms with E-state index in [9.17, 15) is 9.59 Å². The highest BCUT2D eigenvalue weighted by Gasteiger charge is 2.55. The predicted molar refractivity (Wildman–Crippen MR) is 84.9 cm³/mol. The van der Waals surface area contributed by atoms with Gasteiger partial charge in [0.2, 0.25) is 25.0 Å². The van der Waals surface area contributed by atoms with E-state index in [4.69, 9.17) is 23.7 Å². The number of Topliss-reactive ketones (excluding diaryl/α,β-unsaturated/α-hetero) is 1. The summed E-state index contributed by atoms with van der Waals surface area (Å²) in [4.78, 5) is 26.0. The Balaban J connectivity index is 1.54. The molecular formula is C19H12O7. The Kier molecular flexibility index (Phi) is 2.42. The molecule has 2 aromatic rings. The van der Waals surface area contributed by atoms with Crippen LogP contribution in [0.25, 0.3) is 0 Å². The Morgan fingerprint density at radius 1 is 0.885 bits per heavy atom. The number of carbonyl (C=O) groups is 2. The summed E-state index contributed by atoms with van der Waals surface area (Å²) >= 11 is 0. The maximum Gasteiger partial charge on any atom is 0.343 e. The van der Waals surface area contributed by atoms with Crippen LogP contribution in [0.4, 0.5) is 0 Å². The molecule has 1 atom stereocenters. The standard InChI is InChI=1S/C19H12O7/c20-17-10-6-14-13(23-7-24-14)5-9(10)3-4-19(17)11-1-2-12-16(25-8-22-12)15(11)18(21)26-19/h1-2,5-6H,3-4,7-8H2. The van der Waals surface area contributed by atoms with E-state index in [1.807, 2.05) is 6.07 Å². The molecule has 3 aliphatic heterocycles. The zero-order valence-electron chi connectivity index (χ0n) is 13.5. The van der Waals surface area contributed by atoms with E-state index >= 15 is 0 Å². The number of fused-ring (bicyclic) bond motifs is 6. The average Bonchev–Trinajstić information content (AvgIpc) is 3.35. The van der Waals surface area contributed by atoms with Gasteiger partial charge in [-0.3, -0.25) is 4.79 Å². The highest BCUT2D eigenvalue weighted by molar-refractivity contribution is 6.12. The van der Waals surface area contributed by atoms with Gasteiger partial charge in [-0.15, -0.1) is 0 Å². The molecule has 0 fully saturated rings. The summed E-state index contributed by atoms with van der Waals surface area (Å²) in [6, 6.07) is 6.95. The van der Waals surface area contributed by atoms with Gasteiger partial charge in [-0.2, -0.15) is 0 Å². The van der Waals surface area contributed by atoms with Crippen LogP contribution < -0.4 is 18.9 Å². The van der Waals surface area contributed by atoms with Crippen molar-refractivity contribution in [1.82, 2.24) is 0 Å². The van der Waals surface area contributed by atoms with Crippen molar-refractivity contribution in [2.45, 2.75) is 18.4 Å². The first-order valence-electron chi connectivity index (χ1n) is 8.31. The Bertz CT molecular complexity index is 1030. The first kappa shape index (κ1) is 14.0. The van der Waals surface area contributed by atoms with Crippen LogP contribution in [0, 0.1) is 0 Å². The summed E-state index contributed by atoms with van der Waals surface area (Å²) in [7, 11) is 0. The van der Waals surface area contributed by atoms with Crippen molar-refractivity contribution in [3.63, 3.8) is 0 Å². The van der Waals surface area contributed by atoms with Crippen LogP contribution in [0.2, 0.25) is 0 Å². The molecule has 130 valence electrons. The van der Waals surface area contributed by atoms with E-state index in [0.29, 0.717) is 47.0 Å². The molecule has 0 amide bonds. The Morgan fingerprint density at radius 2 is 1.65 bits per heavy atom. The van der Waals surface area contributed by atoms with E-state index < -0.39 is 11.6 Å². The summed E-state index contributed by atoms with van der Waals surface area (Å²) in [6.45, 7) is 0.186. The van der Waals surface area contributed by atoms with Crippen molar-refractivity contribution in [3.05, 3.63) is 46.5 Å². The third kappa shape index (κ3) is 1.53. The molecular weight excluding hydrogens is 340 g/mol. The van der Waals surface area contributed by atoms with Gasteiger partial charge in [0.25, 0.3) is 0 Å². The van der Waals surface area contributed by atoms with Crippen LogP contribution in [0.5, 0.6) is 23.0 Å². The molecule has 26 heavy (non-hydrogen) atoms. The number of hydrogen-bond donors (Lipinski definition) is 0. The Hall–Kier alpha value is -3.22. The molecule has 6 rings (SSSR count). The van der Waals surface area contributed by atoms with Gasteiger partial charge in [0.05, 0.1) is 0 Å². The van der Waals surface area contributed by atoms with Crippen molar-refractivity contribution < 1.29 is 33.3 Å². The topological polar surface area (TPSA) is 80.3 Å². The average molecular weight is 352 g/mol. The number of aryl methyl sites for hydroxylation is 1. The van der Waals surface area contributed by atoms with Crippen molar-refractivity contribution in [2.75, 3.05) is 13.6 Å². The zero-order valence-corrected chi connectivity index (χ0v) is 13.5. The fourth-order valence-corrected chi connectivity index (χ4v) is 4.17. The minimum atomic E-state index is -1.33. The molecule has 3 heterocycles. The van der Waals surface area contributed by atoms with Gasteiger partial charge < -0.3 is 23.7 Å². The molecule has 0 saturated carbocycles. The third-order valence-electron chi connectivity index (χ3n) is 5.40. The van der Waals surface area contributed by atoms with Crippen LogP contribution in [-0.2, 0) is 16.8 Å². The van der Waals surface area contributed by atoms with Crippen molar-refractivity contribution >= 4 is 11.8 Å². The summed E-state index contributed by atoms with van der Waals surface area (Å²) in [5.74, 6) is 1.21. The second kappa shape index (κ2) is 4.49. The molecule has 4 aliphatic rings. The van der Waals surface area contributed by atoms with E-state index in [-0.39, 0.29) is 24.9 Å². The summed E-state index contributed by atoms with van der Waals surface area (Å²) < 4.78 is 27.2. The lowest BCUT2D eigenvalue weighted by Crippen LogP contribution is -2.40. The molecule has 0 bridgehead atoms. The molecule has 0 saturated heterocycles. The smallest absolute Gasteiger partial charge is 0.343 e. The quantitative estimate of drug-likeness (QED) is 0.673. The third-order valence-corrected chi connectivity index (χ3v) is 5.40. The lowest BCUT2D eigenvalue weighted by molar-refractivity contribution is -0.00641.